The van der Waals surface area contributed by atoms with Gasteiger partial charge in [-0.3, -0.25) is 10.1 Å². The molecule has 0 spiro atoms. The third kappa shape index (κ3) is 3.44. The van der Waals surface area contributed by atoms with E-state index in [-0.39, 0.29) is 23.4 Å². The predicted molar refractivity (Wildman–Crippen MR) is 62.8 cm³/mol. The van der Waals surface area contributed by atoms with E-state index in [1.54, 1.807) is 0 Å². The first-order chi connectivity index (χ1) is 7.56. The fourth-order valence-corrected chi connectivity index (χ4v) is 2.94. The van der Waals surface area contributed by atoms with Gasteiger partial charge >= 0.3 is 0 Å². The lowest BCUT2D eigenvalue weighted by molar-refractivity contribution is -0.538. The van der Waals surface area contributed by atoms with Gasteiger partial charge in [0.05, 0.1) is 0 Å². The Balaban J connectivity index is 2.67. The van der Waals surface area contributed by atoms with E-state index in [9.17, 15) is 15.2 Å². The molecule has 4 nitrogen and oxygen atoms in total. The molecule has 1 fully saturated rings. The maximum absolute atomic E-state index is 11.0. The molecule has 3 atom stereocenters. The van der Waals surface area contributed by atoms with Gasteiger partial charge in [-0.25, -0.2) is 0 Å². The van der Waals surface area contributed by atoms with E-state index in [1.807, 2.05) is 0 Å². The largest absolute Gasteiger partial charge is 0.396 e. The van der Waals surface area contributed by atoms with Gasteiger partial charge in [0.1, 0.15) is 0 Å². The minimum atomic E-state index is -0.426. The summed E-state index contributed by atoms with van der Waals surface area (Å²) < 4.78 is 0. The molecule has 0 aromatic carbocycles. The van der Waals surface area contributed by atoms with Gasteiger partial charge in [0.2, 0.25) is 6.04 Å². The molecule has 0 bridgehead atoms. The van der Waals surface area contributed by atoms with Crippen LogP contribution in [0.2, 0.25) is 0 Å². The van der Waals surface area contributed by atoms with Crippen LogP contribution < -0.4 is 0 Å². The molecule has 0 heterocycles. The summed E-state index contributed by atoms with van der Waals surface area (Å²) in [5.74, 6) is 0.679. The first kappa shape index (κ1) is 13.4. The molecule has 0 amide bonds. The minimum absolute atomic E-state index is 0.0798. The van der Waals surface area contributed by atoms with Crippen LogP contribution in [0.15, 0.2) is 0 Å². The Kier molecular flexibility index (Phi) is 5.19. The Morgan fingerprint density at radius 1 is 1.38 bits per heavy atom. The zero-order chi connectivity index (χ0) is 12.1. The first-order valence-electron chi connectivity index (χ1n) is 6.30. The summed E-state index contributed by atoms with van der Waals surface area (Å²) in [5, 5.41) is 20.4. The quantitative estimate of drug-likeness (QED) is 0.582. The number of nitrogens with zero attached hydrogens (tertiary/aromatic N) is 1. The van der Waals surface area contributed by atoms with Gasteiger partial charge in [-0.05, 0) is 31.1 Å². The van der Waals surface area contributed by atoms with Gasteiger partial charge in [-0.1, -0.05) is 20.3 Å². The summed E-state index contributed by atoms with van der Waals surface area (Å²) in [5.41, 5.74) is 0. The maximum Gasteiger partial charge on any atom is 0.216 e. The molecule has 0 aromatic heterocycles. The van der Waals surface area contributed by atoms with Crippen LogP contribution in [-0.4, -0.2) is 22.7 Å². The second-order valence-corrected chi connectivity index (χ2v) is 5.37. The molecular weight excluding hydrogens is 206 g/mol. The SMILES string of the molecule is CC(C)C[C@H](CO)[C@@H]1CCCC[C@@H]1[N+](=O)[O-]. The van der Waals surface area contributed by atoms with Crippen LogP contribution in [0.25, 0.3) is 0 Å². The molecule has 4 heteroatoms. The van der Waals surface area contributed by atoms with E-state index in [0.29, 0.717) is 12.3 Å². The molecule has 0 unspecified atom stereocenters. The lowest BCUT2D eigenvalue weighted by Gasteiger charge is -2.32. The van der Waals surface area contributed by atoms with Crippen molar-refractivity contribution in [2.24, 2.45) is 17.8 Å². The second kappa shape index (κ2) is 6.18. The summed E-state index contributed by atoms with van der Waals surface area (Å²) in [6, 6.07) is -0.426. The van der Waals surface area contributed by atoms with Crippen LogP contribution in [-0.2, 0) is 0 Å². The Morgan fingerprint density at radius 3 is 2.50 bits per heavy atom. The Labute approximate surface area is 97.2 Å². The lowest BCUT2D eigenvalue weighted by Crippen LogP contribution is -2.38. The molecule has 1 rings (SSSR count). The van der Waals surface area contributed by atoms with E-state index in [0.717, 1.165) is 25.7 Å². The Bertz CT molecular complexity index is 230. The monoisotopic (exact) mass is 229 g/mol. The van der Waals surface area contributed by atoms with Crippen LogP contribution in [0.1, 0.15) is 46.0 Å². The highest BCUT2D eigenvalue weighted by Crippen LogP contribution is 2.34. The molecule has 16 heavy (non-hydrogen) atoms. The van der Waals surface area contributed by atoms with E-state index in [4.69, 9.17) is 0 Å². The van der Waals surface area contributed by atoms with Gasteiger partial charge in [-0.2, -0.15) is 0 Å². The third-order valence-electron chi connectivity index (χ3n) is 3.67. The van der Waals surface area contributed by atoms with Crippen molar-refractivity contribution in [2.75, 3.05) is 6.61 Å². The summed E-state index contributed by atoms with van der Waals surface area (Å²) in [6.45, 7) is 4.30. The predicted octanol–water partition coefficient (Wildman–Crippen LogP) is 2.48. The number of hydrogen-bond acceptors (Lipinski definition) is 3. The van der Waals surface area contributed by atoms with E-state index in [1.165, 1.54) is 0 Å². The standard InChI is InChI=1S/C12H23NO3/c1-9(2)7-10(8-14)11-5-3-4-6-12(11)13(15)16/h9-12,14H,3-8H2,1-2H3/t10-,11+,12+/m1/s1. The molecule has 94 valence electrons. The normalized spacial score (nSPS) is 28.0. The second-order valence-electron chi connectivity index (χ2n) is 5.37. The first-order valence-corrected chi connectivity index (χ1v) is 6.30. The average Bonchev–Trinajstić information content (AvgIpc) is 2.25. The molecule has 1 aliphatic carbocycles. The Hall–Kier alpha value is -0.640. The fraction of sp³-hybridized carbons (Fsp3) is 1.00. The van der Waals surface area contributed by atoms with Crippen molar-refractivity contribution < 1.29 is 10.0 Å². The summed E-state index contributed by atoms with van der Waals surface area (Å²) in [7, 11) is 0. The van der Waals surface area contributed by atoms with Crippen molar-refractivity contribution in [1.82, 2.24) is 0 Å². The van der Waals surface area contributed by atoms with Crippen molar-refractivity contribution in [2.45, 2.75) is 52.0 Å². The zero-order valence-corrected chi connectivity index (χ0v) is 10.3. The third-order valence-corrected chi connectivity index (χ3v) is 3.67. The topological polar surface area (TPSA) is 63.4 Å². The van der Waals surface area contributed by atoms with Crippen LogP contribution in [0.4, 0.5) is 0 Å². The van der Waals surface area contributed by atoms with Crippen molar-refractivity contribution in [3.63, 3.8) is 0 Å². The summed E-state index contributed by atoms with van der Waals surface area (Å²) in [4.78, 5) is 10.9. The van der Waals surface area contributed by atoms with E-state index in [2.05, 4.69) is 13.8 Å². The van der Waals surface area contributed by atoms with Crippen molar-refractivity contribution in [3.05, 3.63) is 10.1 Å². The van der Waals surface area contributed by atoms with Crippen molar-refractivity contribution in [3.8, 4) is 0 Å². The smallest absolute Gasteiger partial charge is 0.216 e. The van der Waals surface area contributed by atoms with Crippen LogP contribution >= 0.6 is 0 Å². The Morgan fingerprint density at radius 2 is 2.00 bits per heavy atom. The number of nitro groups is 1. The van der Waals surface area contributed by atoms with Gasteiger partial charge in [0.15, 0.2) is 0 Å². The van der Waals surface area contributed by atoms with E-state index < -0.39 is 6.04 Å². The summed E-state index contributed by atoms with van der Waals surface area (Å²) in [6.07, 6.45) is 4.52. The molecule has 1 saturated carbocycles. The minimum Gasteiger partial charge on any atom is -0.396 e. The van der Waals surface area contributed by atoms with E-state index >= 15 is 0 Å². The van der Waals surface area contributed by atoms with Crippen molar-refractivity contribution in [1.29, 1.82) is 0 Å². The van der Waals surface area contributed by atoms with Gasteiger partial charge in [0, 0.05) is 23.9 Å². The van der Waals surface area contributed by atoms with Gasteiger partial charge < -0.3 is 5.11 Å². The lowest BCUT2D eigenvalue weighted by atomic mass is 9.74. The summed E-state index contributed by atoms with van der Waals surface area (Å²) >= 11 is 0. The molecule has 0 aliphatic heterocycles. The molecule has 1 N–H and O–H groups in total. The molecule has 0 saturated heterocycles. The fourth-order valence-electron chi connectivity index (χ4n) is 2.94. The van der Waals surface area contributed by atoms with Crippen molar-refractivity contribution >= 4 is 0 Å². The number of aliphatic hydroxyl groups is 1. The highest BCUT2D eigenvalue weighted by molar-refractivity contribution is 4.81. The maximum atomic E-state index is 11.0. The van der Waals surface area contributed by atoms with Gasteiger partial charge in [0.25, 0.3) is 0 Å². The highest BCUT2D eigenvalue weighted by atomic mass is 16.6. The molecular formula is C12H23NO3. The zero-order valence-electron chi connectivity index (χ0n) is 10.3. The highest BCUT2D eigenvalue weighted by Gasteiger charge is 2.38. The van der Waals surface area contributed by atoms with Crippen LogP contribution in [0.3, 0.4) is 0 Å². The molecule has 1 aliphatic rings. The number of hydrogen-bond donors (Lipinski definition) is 1. The number of rotatable bonds is 5. The molecule has 0 radical (unpaired) electrons. The van der Waals surface area contributed by atoms with Crippen LogP contribution in [0.5, 0.6) is 0 Å². The van der Waals surface area contributed by atoms with Gasteiger partial charge in [-0.15, -0.1) is 0 Å². The molecule has 0 aromatic rings. The average molecular weight is 229 g/mol. The van der Waals surface area contributed by atoms with Crippen LogP contribution in [0, 0.1) is 27.9 Å². The number of aliphatic hydroxyl groups excluding tert-OH is 1.